The van der Waals surface area contributed by atoms with Crippen LogP contribution in [0.15, 0.2) is 34.3 Å². The number of aromatic nitrogens is 4. The summed E-state index contributed by atoms with van der Waals surface area (Å²) in [5.41, 5.74) is 0.301. The molecule has 3 N–H and O–H groups in total. The molecule has 27 heavy (non-hydrogen) atoms. The second-order valence-corrected chi connectivity index (χ2v) is 6.47. The van der Waals surface area contributed by atoms with E-state index < -0.39 is 17.2 Å². The van der Waals surface area contributed by atoms with E-state index >= 15 is 0 Å². The number of rotatable bonds is 6. The molecule has 0 saturated heterocycles. The molecule has 2 aromatic heterocycles. The van der Waals surface area contributed by atoms with E-state index in [2.05, 4.69) is 25.3 Å². The molecule has 0 fully saturated rings. The number of aliphatic hydroxyl groups is 1. The Balaban J connectivity index is 0.00000196. The predicted molar refractivity (Wildman–Crippen MR) is 95.2 cm³/mol. The molecule has 0 amide bonds. The Bertz CT molecular complexity index is 1010. The first-order valence-electron chi connectivity index (χ1n) is 7.68. The Morgan fingerprint density at radius 3 is 2.89 bits per heavy atom. The fourth-order valence-corrected chi connectivity index (χ4v) is 2.98. The van der Waals surface area contributed by atoms with Crippen LogP contribution in [0.25, 0.3) is 11.2 Å². The van der Waals surface area contributed by atoms with Gasteiger partial charge in [0.2, 0.25) is 0 Å². The average Bonchev–Trinajstić information content (AvgIpc) is 2.62. The van der Waals surface area contributed by atoms with Crippen LogP contribution in [-0.2, 0) is 5.75 Å². The molecular formula is C16H16F2N5NaO2S. The van der Waals surface area contributed by atoms with Gasteiger partial charge in [0.1, 0.15) is 5.52 Å². The van der Waals surface area contributed by atoms with Crippen molar-refractivity contribution >= 4 is 28.7 Å². The molecule has 2 heterocycles. The third kappa shape index (κ3) is 5.23. The first kappa shape index (κ1) is 21.7. The van der Waals surface area contributed by atoms with Gasteiger partial charge in [0, 0.05) is 17.4 Å². The molecular weight excluding hydrogens is 387 g/mol. The molecule has 0 spiro atoms. The molecule has 0 radical (unpaired) electrons. The number of aromatic amines is 1. The van der Waals surface area contributed by atoms with Gasteiger partial charge in [-0.2, -0.15) is 0 Å². The van der Waals surface area contributed by atoms with Crippen LogP contribution in [0.5, 0.6) is 0 Å². The second-order valence-electron chi connectivity index (χ2n) is 5.53. The number of H-pyrrole nitrogens is 1. The molecule has 0 aliphatic carbocycles. The number of hydrogen-bond donors (Lipinski definition) is 3. The van der Waals surface area contributed by atoms with Crippen LogP contribution in [0.1, 0.15) is 13.9 Å². The van der Waals surface area contributed by atoms with Gasteiger partial charge >= 0.3 is 29.6 Å². The summed E-state index contributed by atoms with van der Waals surface area (Å²) in [6.45, 7) is 1.61. The standard InChI is InChI=1S/C16H15F2N5O2S.Na.H/c1-8(6-24)20-14-13-15(21-11(25)5-19-13)23-16(22-14)26-7-9-3-2-4-10(17)12(9)18;;/h2-5,8,24H,6-7H2,1H3,(H2,20,21,22,23,25);;/q;+1;-1/t8-;;/m1../s1. The van der Waals surface area contributed by atoms with E-state index in [9.17, 15) is 18.7 Å². The van der Waals surface area contributed by atoms with E-state index in [4.69, 9.17) is 0 Å². The Hall–Kier alpha value is -1.59. The van der Waals surface area contributed by atoms with Gasteiger partial charge in [-0.25, -0.2) is 23.7 Å². The van der Waals surface area contributed by atoms with E-state index in [1.54, 1.807) is 6.92 Å². The average molecular weight is 403 g/mol. The van der Waals surface area contributed by atoms with Crippen LogP contribution in [0, 0.1) is 11.6 Å². The van der Waals surface area contributed by atoms with Crippen molar-refractivity contribution in [1.29, 1.82) is 0 Å². The minimum atomic E-state index is -0.921. The van der Waals surface area contributed by atoms with Gasteiger partial charge in [-0.3, -0.25) is 4.79 Å². The van der Waals surface area contributed by atoms with Crippen LogP contribution in [-0.4, -0.2) is 37.7 Å². The van der Waals surface area contributed by atoms with Crippen molar-refractivity contribution in [3.05, 3.63) is 51.9 Å². The predicted octanol–water partition coefficient (Wildman–Crippen LogP) is -0.807. The topological polar surface area (TPSA) is 104 Å². The molecule has 138 valence electrons. The maximum absolute atomic E-state index is 13.8. The number of hydrogen-bond acceptors (Lipinski definition) is 7. The zero-order valence-electron chi connectivity index (χ0n) is 15.7. The second kappa shape index (κ2) is 9.56. The van der Waals surface area contributed by atoms with Crippen molar-refractivity contribution in [3.8, 4) is 0 Å². The quantitative estimate of drug-likeness (QED) is 0.281. The monoisotopic (exact) mass is 403 g/mol. The molecule has 0 bridgehead atoms. The summed E-state index contributed by atoms with van der Waals surface area (Å²) in [6, 6.07) is 3.64. The number of aliphatic hydroxyl groups excluding tert-OH is 1. The molecule has 11 heteroatoms. The molecule has 0 aliphatic rings. The van der Waals surface area contributed by atoms with E-state index in [1.807, 2.05) is 0 Å². The van der Waals surface area contributed by atoms with Gasteiger partial charge in [-0.1, -0.05) is 23.9 Å². The molecule has 0 aliphatic heterocycles. The molecule has 1 atom stereocenters. The van der Waals surface area contributed by atoms with Gasteiger partial charge < -0.3 is 16.8 Å². The normalized spacial score (nSPS) is 11.9. The van der Waals surface area contributed by atoms with Gasteiger partial charge in [0.25, 0.3) is 5.56 Å². The van der Waals surface area contributed by atoms with Crippen molar-refractivity contribution in [2.24, 2.45) is 0 Å². The van der Waals surface area contributed by atoms with Crippen molar-refractivity contribution in [2.75, 3.05) is 11.9 Å². The summed E-state index contributed by atoms with van der Waals surface area (Å²) in [6.07, 6.45) is 1.11. The smallest absolute Gasteiger partial charge is 1.00 e. The third-order valence-corrected chi connectivity index (χ3v) is 4.36. The number of nitrogens with one attached hydrogen (secondary N) is 2. The third-order valence-electron chi connectivity index (χ3n) is 3.46. The maximum Gasteiger partial charge on any atom is 1.00 e. The number of fused-ring (bicyclic) bond motifs is 1. The number of halogens is 2. The number of thioether (sulfide) groups is 1. The SMILES string of the molecule is C[C@H](CO)Nc1nc(SCc2cccc(F)c2F)nc2[nH]c(=O)cnc12.[H-].[Na+]. The number of nitrogens with zero attached hydrogens (tertiary/aromatic N) is 3. The minimum Gasteiger partial charge on any atom is -1.00 e. The van der Waals surface area contributed by atoms with E-state index in [-0.39, 0.29) is 65.8 Å². The molecule has 7 nitrogen and oxygen atoms in total. The molecule has 3 rings (SSSR count). The summed E-state index contributed by atoms with van der Waals surface area (Å²) >= 11 is 1.08. The summed E-state index contributed by atoms with van der Waals surface area (Å²) < 4.78 is 27.1. The van der Waals surface area contributed by atoms with Crippen LogP contribution in [0.4, 0.5) is 14.6 Å². The maximum atomic E-state index is 13.8. The molecule has 0 saturated carbocycles. The summed E-state index contributed by atoms with van der Waals surface area (Å²) in [7, 11) is 0. The largest absolute Gasteiger partial charge is 1.00 e. The Morgan fingerprint density at radius 2 is 2.15 bits per heavy atom. The van der Waals surface area contributed by atoms with Crippen molar-refractivity contribution in [2.45, 2.75) is 23.9 Å². The summed E-state index contributed by atoms with van der Waals surface area (Å²) in [5, 5.41) is 12.5. The summed E-state index contributed by atoms with van der Waals surface area (Å²) in [4.78, 5) is 26.6. The van der Waals surface area contributed by atoms with Crippen molar-refractivity contribution in [3.63, 3.8) is 0 Å². The fraction of sp³-hybridized carbons (Fsp3) is 0.250. The van der Waals surface area contributed by atoms with Gasteiger partial charge in [0.15, 0.2) is 28.3 Å². The minimum absolute atomic E-state index is 0. The van der Waals surface area contributed by atoms with E-state index in [0.717, 1.165) is 24.0 Å². The van der Waals surface area contributed by atoms with Crippen LogP contribution in [0.3, 0.4) is 0 Å². The summed E-state index contributed by atoms with van der Waals surface area (Å²) in [5.74, 6) is -1.40. The van der Waals surface area contributed by atoms with Gasteiger partial charge in [-0.15, -0.1) is 0 Å². The van der Waals surface area contributed by atoms with Crippen LogP contribution < -0.4 is 40.4 Å². The molecule has 1 aromatic carbocycles. The van der Waals surface area contributed by atoms with E-state index in [0.29, 0.717) is 11.3 Å². The first-order chi connectivity index (χ1) is 12.5. The Labute approximate surface area is 180 Å². The number of anilines is 1. The molecule has 3 aromatic rings. The van der Waals surface area contributed by atoms with Crippen molar-refractivity contribution in [1.82, 2.24) is 19.9 Å². The molecule has 0 unspecified atom stereocenters. The van der Waals surface area contributed by atoms with Crippen LogP contribution in [0.2, 0.25) is 0 Å². The van der Waals surface area contributed by atoms with Gasteiger partial charge in [-0.05, 0) is 13.0 Å². The zero-order chi connectivity index (χ0) is 18.7. The van der Waals surface area contributed by atoms with Crippen molar-refractivity contribution < 1.29 is 44.9 Å². The van der Waals surface area contributed by atoms with Gasteiger partial charge in [0.05, 0.1) is 12.8 Å². The van der Waals surface area contributed by atoms with E-state index in [1.165, 1.54) is 12.1 Å². The fourth-order valence-electron chi connectivity index (χ4n) is 2.16. The first-order valence-corrected chi connectivity index (χ1v) is 8.66. The Morgan fingerprint density at radius 1 is 1.37 bits per heavy atom. The number of benzene rings is 1. The Kier molecular flexibility index (Phi) is 7.68. The van der Waals surface area contributed by atoms with Crippen LogP contribution >= 0.6 is 11.8 Å². The zero-order valence-corrected chi connectivity index (χ0v) is 17.5.